The van der Waals surface area contributed by atoms with Crippen LogP contribution in [0.15, 0.2) is 12.3 Å². The maximum absolute atomic E-state index is 11.3. The molecule has 2 aromatic rings. The fraction of sp³-hybridized carbons (Fsp3) is 0.308. The molecule has 5 nitrogen and oxygen atoms in total. The van der Waals surface area contributed by atoms with Crippen LogP contribution in [0.2, 0.25) is 0 Å². The molecule has 1 amide bonds. The zero-order valence-corrected chi connectivity index (χ0v) is 10.7. The van der Waals surface area contributed by atoms with E-state index in [1.165, 1.54) is 0 Å². The molecule has 5 heteroatoms. The van der Waals surface area contributed by atoms with Gasteiger partial charge in [-0.15, -0.1) is 0 Å². The fourth-order valence-electron chi connectivity index (χ4n) is 1.86. The first-order valence-corrected chi connectivity index (χ1v) is 5.74. The Kier molecular flexibility index (Phi) is 3.14. The van der Waals surface area contributed by atoms with E-state index in [1.54, 1.807) is 19.2 Å². The minimum atomic E-state index is -0.495. The molecular formula is C13H15N3O2. The molecular weight excluding hydrogens is 230 g/mol. The highest BCUT2D eigenvalue weighted by molar-refractivity contribution is 5.99. The lowest BCUT2D eigenvalue weighted by Crippen LogP contribution is -2.14. The Labute approximate surface area is 105 Å². The topological polar surface area (TPSA) is 78.1 Å². The largest absolute Gasteiger partial charge is 0.477 e. The van der Waals surface area contributed by atoms with Crippen LogP contribution in [0.5, 0.6) is 5.88 Å². The van der Waals surface area contributed by atoms with Gasteiger partial charge < -0.3 is 10.5 Å². The van der Waals surface area contributed by atoms with Gasteiger partial charge in [-0.25, -0.2) is 4.98 Å². The molecule has 0 aliphatic heterocycles. The van der Waals surface area contributed by atoms with Gasteiger partial charge in [0.25, 0.3) is 5.91 Å². The molecule has 0 unspecified atom stereocenters. The highest BCUT2D eigenvalue weighted by Crippen LogP contribution is 2.26. The average molecular weight is 245 g/mol. The lowest BCUT2D eigenvalue weighted by atomic mass is 10.1. The number of amides is 1. The van der Waals surface area contributed by atoms with Gasteiger partial charge in [-0.2, -0.15) is 0 Å². The number of carbonyl (C=O) groups is 1. The Morgan fingerprint density at radius 1 is 1.44 bits per heavy atom. The summed E-state index contributed by atoms with van der Waals surface area (Å²) in [4.78, 5) is 20.0. The van der Waals surface area contributed by atoms with Crippen LogP contribution in [-0.4, -0.2) is 22.5 Å². The predicted octanol–water partition coefficient (Wildman–Crippen LogP) is 1.74. The summed E-state index contributed by atoms with van der Waals surface area (Å²) < 4.78 is 5.45. The molecule has 0 atom stereocenters. The molecule has 0 spiro atoms. The number of nitrogens with zero attached hydrogens (tertiary/aromatic N) is 2. The van der Waals surface area contributed by atoms with Crippen molar-refractivity contribution in [3.63, 3.8) is 0 Å². The number of aryl methyl sites for hydroxylation is 2. The van der Waals surface area contributed by atoms with E-state index in [0.717, 1.165) is 16.5 Å². The minimum absolute atomic E-state index is 0.399. The highest BCUT2D eigenvalue weighted by Gasteiger charge is 2.13. The number of fused-ring (bicyclic) bond motifs is 1. The van der Waals surface area contributed by atoms with E-state index < -0.39 is 5.91 Å². The van der Waals surface area contributed by atoms with Crippen molar-refractivity contribution in [1.82, 2.24) is 9.97 Å². The van der Waals surface area contributed by atoms with Crippen molar-refractivity contribution in [1.29, 1.82) is 0 Å². The van der Waals surface area contributed by atoms with Crippen LogP contribution in [0.4, 0.5) is 0 Å². The van der Waals surface area contributed by atoms with Crippen LogP contribution < -0.4 is 10.5 Å². The van der Waals surface area contributed by atoms with E-state index in [-0.39, 0.29) is 0 Å². The second-order valence-corrected chi connectivity index (χ2v) is 4.06. The van der Waals surface area contributed by atoms with Crippen molar-refractivity contribution in [3.05, 3.63) is 29.1 Å². The number of primary amides is 1. The summed E-state index contributed by atoms with van der Waals surface area (Å²) in [6, 6.07) is 1.70. The molecule has 0 fully saturated rings. The van der Waals surface area contributed by atoms with Crippen LogP contribution in [0.25, 0.3) is 10.9 Å². The maximum Gasteiger partial charge on any atom is 0.250 e. The van der Waals surface area contributed by atoms with Gasteiger partial charge in [-0.05, 0) is 32.4 Å². The van der Waals surface area contributed by atoms with Crippen molar-refractivity contribution in [2.75, 3.05) is 6.61 Å². The van der Waals surface area contributed by atoms with Crippen molar-refractivity contribution < 1.29 is 9.53 Å². The fourth-order valence-corrected chi connectivity index (χ4v) is 1.86. The summed E-state index contributed by atoms with van der Waals surface area (Å²) in [7, 11) is 0. The van der Waals surface area contributed by atoms with Gasteiger partial charge in [0, 0.05) is 6.20 Å². The van der Waals surface area contributed by atoms with Crippen LogP contribution in [-0.2, 0) is 0 Å². The van der Waals surface area contributed by atoms with E-state index in [0.29, 0.717) is 23.7 Å². The number of aromatic nitrogens is 2. The monoisotopic (exact) mass is 245 g/mol. The molecule has 94 valence electrons. The molecule has 2 rings (SSSR count). The molecule has 0 saturated heterocycles. The van der Waals surface area contributed by atoms with Gasteiger partial charge in [0.2, 0.25) is 5.88 Å². The lowest BCUT2D eigenvalue weighted by Gasteiger charge is -2.10. The molecule has 0 aromatic carbocycles. The van der Waals surface area contributed by atoms with Gasteiger partial charge in [-0.3, -0.25) is 9.78 Å². The number of nitrogens with two attached hydrogens (primary N) is 1. The maximum atomic E-state index is 11.3. The highest BCUT2D eigenvalue weighted by atomic mass is 16.5. The van der Waals surface area contributed by atoms with E-state index in [1.807, 2.05) is 13.8 Å². The van der Waals surface area contributed by atoms with E-state index in [4.69, 9.17) is 10.5 Å². The first kappa shape index (κ1) is 12.3. The van der Waals surface area contributed by atoms with Gasteiger partial charge in [0.05, 0.1) is 28.8 Å². The zero-order chi connectivity index (χ0) is 13.3. The normalized spacial score (nSPS) is 10.6. The van der Waals surface area contributed by atoms with Crippen LogP contribution in [0.3, 0.4) is 0 Å². The average Bonchev–Trinajstić information content (AvgIpc) is 2.32. The molecule has 2 N–H and O–H groups in total. The number of pyridine rings is 2. The molecule has 2 aromatic heterocycles. The second kappa shape index (κ2) is 4.60. The second-order valence-electron chi connectivity index (χ2n) is 4.06. The summed E-state index contributed by atoms with van der Waals surface area (Å²) in [5, 5.41) is 0.719. The first-order valence-electron chi connectivity index (χ1n) is 5.74. The predicted molar refractivity (Wildman–Crippen MR) is 68.7 cm³/mol. The molecule has 0 bridgehead atoms. The van der Waals surface area contributed by atoms with Gasteiger partial charge in [0.15, 0.2) is 0 Å². The third-order valence-corrected chi connectivity index (χ3v) is 2.74. The summed E-state index contributed by atoms with van der Waals surface area (Å²) in [6.45, 7) is 6.07. The Balaban J connectivity index is 2.79. The van der Waals surface area contributed by atoms with Gasteiger partial charge in [-0.1, -0.05) is 0 Å². The van der Waals surface area contributed by atoms with Crippen molar-refractivity contribution in [2.45, 2.75) is 20.8 Å². The lowest BCUT2D eigenvalue weighted by molar-refractivity contribution is 0.0999. The Bertz CT molecular complexity index is 623. The quantitative estimate of drug-likeness (QED) is 0.893. The molecule has 2 heterocycles. The summed E-state index contributed by atoms with van der Waals surface area (Å²) in [5.74, 6) is -0.0149. The number of hydrogen-bond acceptors (Lipinski definition) is 4. The third-order valence-electron chi connectivity index (χ3n) is 2.74. The SMILES string of the molecule is CCOc1ncc(C)c2nc(C)c(C(N)=O)cc12. The van der Waals surface area contributed by atoms with Crippen molar-refractivity contribution in [2.24, 2.45) is 5.73 Å². The molecule has 0 aliphatic carbocycles. The smallest absolute Gasteiger partial charge is 0.250 e. The Morgan fingerprint density at radius 3 is 2.78 bits per heavy atom. The Hall–Kier alpha value is -2.17. The molecule has 0 saturated carbocycles. The van der Waals surface area contributed by atoms with E-state index in [9.17, 15) is 4.79 Å². The van der Waals surface area contributed by atoms with Gasteiger partial charge in [0.1, 0.15) is 0 Å². The zero-order valence-electron chi connectivity index (χ0n) is 10.7. The molecule has 0 aliphatic rings. The summed E-state index contributed by atoms with van der Waals surface area (Å²) in [6.07, 6.45) is 1.71. The summed E-state index contributed by atoms with van der Waals surface area (Å²) in [5.41, 5.74) is 8.07. The van der Waals surface area contributed by atoms with Crippen molar-refractivity contribution in [3.8, 4) is 5.88 Å². The standard InChI is InChI=1S/C13H15N3O2/c1-4-18-13-10-5-9(12(14)17)8(3)16-11(10)7(2)6-15-13/h5-6H,4H2,1-3H3,(H2,14,17). The first-order chi connectivity index (χ1) is 8.54. The van der Waals surface area contributed by atoms with Crippen LogP contribution in [0, 0.1) is 13.8 Å². The minimum Gasteiger partial charge on any atom is -0.477 e. The molecule has 18 heavy (non-hydrogen) atoms. The number of carbonyl (C=O) groups excluding carboxylic acids is 1. The summed E-state index contributed by atoms with van der Waals surface area (Å²) >= 11 is 0. The number of hydrogen-bond donors (Lipinski definition) is 1. The third kappa shape index (κ3) is 1.99. The number of rotatable bonds is 3. The van der Waals surface area contributed by atoms with Crippen LogP contribution in [0.1, 0.15) is 28.5 Å². The van der Waals surface area contributed by atoms with E-state index >= 15 is 0 Å². The Morgan fingerprint density at radius 2 is 2.17 bits per heavy atom. The van der Waals surface area contributed by atoms with E-state index in [2.05, 4.69) is 9.97 Å². The van der Waals surface area contributed by atoms with Gasteiger partial charge >= 0.3 is 0 Å². The van der Waals surface area contributed by atoms with Crippen molar-refractivity contribution >= 4 is 16.8 Å². The number of ether oxygens (including phenoxy) is 1. The molecule has 0 radical (unpaired) electrons. The van der Waals surface area contributed by atoms with Crippen LogP contribution >= 0.6 is 0 Å².